The fraction of sp³-hybridized carbons (Fsp3) is 0.909. The number of rotatable bonds is 5. The minimum atomic E-state index is 0.359. The topological polar surface area (TPSA) is 44.0 Å². The third-order valence-corrected chi connectivity index (χ3v) is 1.60. The van der Waals surface area contributed by atoms with Gasteiger partial charge in [-0.25, -0.2) is 0 Å². The molecule has 0 aliphatic carbocycles. The summed E-state index contributed by atoms with van der Waals surface area (Å²) >= 11 is 0. The average Bonchev–Trinajstić information content (AvgIpc) is 2.13. The molecule has 1 N–H and O–H groups in total. The van der Waals surface area contributed by atoms with Gasteiger partial charge in [0.2, 0.25) is 0 Å². The number of aliphatic hydroxyl groups excluding tert-OH is 1. The average molecular weight is 185 g/mol. The first-order valence-corrected chi connectivity index (χ1v) is 5.16. The van der Waals surface area contributed by atoms with Gasteiger partial charge in [0.25, 0.3) is 0 Å². The van der Waals surface area contributed by atoms with Gasteiger partial charge in [-0.1, -0.05) is 40.0 Å². The zero-order valence-electron chi connectivity index (χ0n) is 9.21. The van der Waals surface area contributed by atoms with Gasteiger partial charge in [0.1, 0.15) is 0 Å². The second kappa shape index (κ2) is 14.0. The van der Waals surface area contributed by atoms with E-state index >= 15 is 0 Å². The van der Waals surface area contributed by atoms with E-state index in [1.807, 2.05) is 13.0 Å². The van der Waals surface area contributed by atoms with Crippen LogP contribution in [0.5, 0.6) is 0 Å². The van der Waals surface area contributed by atoms with Crippen LogP contribution in [0.25, 0.3) is 0 Å². The summed E-state index contributed by atoms with van der Waals surface area (Å²) in [5.41, 5.74) is 0. The van der Waals surface area contributed by atoms with E-state index in [-0.39, 0.29) is 0 Å². The van der Waals surface area contributed by atoms with Gasteiger partial charge in [0.15, 0.2) is 0 Å². The molecule has 78 valence electrons. The molecule has 0 saturated heterocycles. The van der Waals surface area contributed by atoms with Crippen LogP contribution in [-0.2, 0) is 0 Å². The van der Waals surface area contributed by atoms with Gasteiger partial charge < -0.3 is 5.11 Å². The van der Waals surface area contributed by atoms with Crippen molar-refractivity contribution in [2.75, 3.05) is 6.61 Å². The van der Waals surface area contributed by atoms with Crippen LogP contribution in [0.3, 0.4) is 0 Å². The van der Waals surface area contributed by atoms with Crippen molar-refractivity contribution in [2.45, 2.75) is 52.9 Å². The summed E-state index contributed by atoms with van der Waals surface area (Å²) in [5, 5.41) is 16.1. The number of hydrogen-bond donors (Lipinski definition) is 1. The van der Waals surface area contributed by atoms with Gasteiger partial charge in [-0.05, 0) is 12.3 Å². The Morgan fingerprint density at radius 1 is 1.23 bits per heavy atom. The van der Waals surface area contributed by atoms with Crippen molar-refractivity contribution in [1.29, 1.82) is 5.26 Å². The minimum Gasteiger partial charge on any atom is -0.396 e. The van der Waals surface area contributed by atoms with Crippen LogP contribution in [0.15, 0.2) is 0 Å². The molecule has 0 amide bonds. The first-order chi connectivity index (χ1) is 6.18. The van der Waals surface area contributed by atoms with Crippen LogP contribution in [0.2, 0.25) is 0 Å². The molecule has 0 spiro atoms. The summed E-state index contributed by atoms with van der Waals surface area (Å²) in [6.45, 7) is 6.65. The molecule has 13 heavy (non-hydrogen) atoms. The number of nitrogens with zero attached hydrogens (tertiary/aromatic N) is 1. The maximum Gasteiger partial charge on any atom is 0.0618 e. The maximum atomic E-state index is 8.43. The van der Waals surface area contributed by atoms with Gasteiger partial charge >= 0.3 is 0 Å². The Labute approximate surface area is 82.6 Å². The fourth-order valence-electron chi connectivity index (χ4n) is 0.841. The molecule has 0 aromatic carbocycles. The molecule has 0 radical (unpaired) electrons. The first kappa shape index (κ1) is 14.9. The van der Waals surface area contributed by atoms with Crippen LogP contribution in [0, 0.1) is 17.2 Å². The summed E-state index contributed by atoms with van der Waals surface area (Å²) in [5.74, 6) is 0.823. The largest absolute Gasteiger partial charge is 0.396 e. The van der Waals surface area contributed by atoms with Crippen LogP contribution in [0.1, 0.15) is 52.9 Å². The third-order valence-electron chi connectivity index (χ3n) is 1.60. The standard InChI is InChI=1S/C8H18O.C3H5N/c1-8(2)6-4-3-5-7-9;1-2-3-4/h8-9H,3-7H2,1-2H3;2H2,1H3. The molecular formula is C11H23NO. The van der Waals surface area contributed by atoms with Crippen LogP contribution in [0.4, 0.5) is 0 Å². The lowest BCUT2D eigenvalue weighted by molar-refractivity contribution is 0.281. The molecule has 0 aliphatic heterocycles. The molecule has 0 aliphatic rings. The highest BCUT2D eigenvalue weighted by Gasteiger charge is 1.92. The molecule has 2 heteroatoms. The lowest BCUT2D eigenvalue weighted by Gasteiger charge is -2.01. The number of hydrogen-bond acceptors (Lipinski definition) is 2. The van der Waals surface area contributed by atoms with E-state index in [1.165, 1.54) is 19.3 Å². The van der Waals surface area contributed by atoms with E-state index < -0.39 is 0 Å². The van der Waals surface area contributed by atoms with Crippen molar-refractivity contribution < 1.29 is 5.11 Å². The molecular weight excluding hydrogens is 162 g/mol. The van der Waals surface area contributed by atoms with Crippen LogP contribution < -0.4 is 0 Å². The summed E-state index contributed by atoms with van der Waals surface area (Å²) in [7, 11) is 0. The van der Waals surface area contributed by atoms with Gasteiger partial charge in [-0.3, -0.25) is 0 Å². The fourth-order valence-corrected chi connectivity index (χ4v) is 0.841. The molecule has 0 rings (SSSR count). The Balaban J connectivity index is 0. The van der Waals surface area contributed by atoms with E-state index in [0.717, 1.165) is 12.3 Å². The molecule has 0 aromatic heterocycles. The normalized spacial score (nSPS) is 8.92. The molecule has 0 heterocycles. The van der Waals surface area contributed by atoms with E-state index in [0.29, 0.717) is 13.0 Å². The second-order valence-corrected chi connectivity index (χ2v) is 3.48. The van der Waals surface area contributed by atoms with Crippen molar-refractivity contribution in [2.24, 2.45) is 5.92 Å². The van der Waals surface area contributed by atoms with Gasteiger partial charge in [0, 0.05) is 13.0 Å². The van der Waals surface area contributed by atoms with Crippen LogP contribution in [-0.4, -0.2) is 11.7 Å². The maximum absolute atomic E-state index is 8.43. The quantitative estimate of drug-likeness (QED) is 0.669. The van der Waals surface area contributed by atoms with Crippen LogP contribution >= 0.6 is 0 Å². The summed E-state index contributed by atoms with van der Waals surface area (Å²) in [6, 6.07) is 1.93. The van der Waals surface area contributed by atoms with E-state index in [2.05, 4.69) is 13.8 Å². The molecule has 0 saturated carbocycles. The number of aliphatic hydroxyl groups is 1. The molecule has 2 nitrogen and oxygen atoms in total. The summed E-state index contributed by atoms with van der Waals surface area (Å²) < 4.78 is 0. The molecule has 0 atom stereocenters. The SMILES string of the molecule is CC(C)CCCCCO.CCC#N. The summed E-state index contributed by atoms with van der Waals surface area (Å²) in [6.07, 6.45) is 5.37. The first-order valence-electron chi connectivity index (χ1n) is 5.16. The zero-order chi connectivity index (χ0) is 10.5. The zero-order valence-corrected chi connectivity index (χ0v) is 9.21. The predicted molar refractivity (Wildman–Crippen MR) is 56.3 cm³/mol. The Hall–Kier alpha value is -0.550. The van der Waals surface area contributed by atoms with Crippen molar-refractivity contribution in [3.05, 3.63) is 0 Å². The number of unbranched alkanes of at least 4 members (excludes halogenated alkanes) is 2. The highest BCUT2D eigenvalue weighted by Crippen LogP contribution is 2.06. The second-order valence-electron chi connectivity index (χ2n) is 3.48. The molecule has 0 fully saturated rings. The van der Waals surface area contributed by atoms with Gasteiger partial charge in [-0.2, -0.15) is 5.26 Å². The smallest absolute Gasteiger partial charge is 0.0618 e. The molecule has 0 bridgehead atoms. The Kier molecular flexibility index (Phi) is 16.1. The predicted octanol–water partition coefficient (Wildman–Crippen LogP) is 3.12. The highest BCUT2D eigenvalue weighted by molar-refractivity contribution is 4.61. The minimum absolute atomic E-state index is 0.359. The molecule has 0 aromatic rings. The van der Waals surface area contributed by atoms with E-state index in [4.69, 9.17) is 10.4 Å². The monoisotopic (exact) mass is 185 g/mol. The van der Waals surface area contributed by atoms with Crippen molar-refractivity contribution in [3.8, 4) is 6.07 Å². The van der Waals surface area contributed by atoms with E-state index in [1.54, 1.807) is 0 Å². The van der Waals surface area contributed by atoms with Gasteiger partial charge in [0.05, 0.1) is 6.07 Å². The highest BCUT2D eigenvalue weighted by atomic mass is 16.2. The van der Waals surface area contributed by atoms with Crippen molar-refractivity contribution in [1.82, 2.24) is 0 Å². The lowest BCUT2D eigenvalue weighted by Crippen LogP contribution is -1.88. The number of nitriles is 1. The van der Waals surface area contributed by atoms with Gasteiger partial charge in [-0.15, -0.1) is 0 Å². The summed E-state index contributed by atoms with van der Waals surface area (Å²) in [4.78, 5) is 0. The molecule has 0 unspecified atom stereocenters. The van der Waals surface area contributed by atoms with Crippen molar-refractivity contribution >= 4 is 0 Å². The third kappa shape index (κ3) is 24.6. The Morgan fingerprint density at radius 3 is 2.08 bits per heavy atom. The Morgan fingerprint density at radius 2 is 1.77 bits per heavy atom. The lowest BCUT2D eigenvalue weighted by atomic mass is 10.1. The van der Waals surface area contributed by atoms with Crippen molar-refractivity contribution in [3.63, 3.8) is 0 Å². The van der Waals surface area contributed by atoms with E-state index in [9.17, 15) is 0 Å². The Bertz CT molecular complexity index is 116.